The first-order chi connectivity index (χ1) is 5.13. The lowest BCUT2D eigenvalue weighted by Gasteiger charge is -1.94. The van der Waals surface area contributed by atoms with E-state index in [-0.39, 0.29) is 11.7 Å². The predicted octanol–water partition coefficient (Wildman–Crippen LogP) is 0.775. The molecule has 0 aliphatic rings. The van der Waals surface area contributed by atoms with Gasteiger partial charge in [0.25, 0.3) is 0 Å². The largest absolute Gasteiger partial charge is 0.500 e. The Hall–Kier alpha value is -0.940. The van der Waals surface area contributed by atoms with Gasteiger partial charge < -0.3 is 14.9 Å². The van der Waals surface area contributed by atoms with E-state index in [0.29, 0.717) is 0 Å². The molecule has 0 bridgehead atoms. The third-order valence-corrected chi connectivity index (χ3v) is 0.569. The molecule has 0 aromatic rings. The molecule has 0 radical (unpaired) electrons. The Morgan fingerprint density at radius 1 is 1.36 bits per heavy atom. The Morgan fingerprint density at radius 2 is 1.82 bits per heavy atom. The van der Waals surface area contributed by atoms with E-state index in [1.807, 2.05) is 0 Å². The molecule has 4 nitrogen and oxygen atoms in total. The normalized spacial score (nSPS) is 7.64. The number of thiocarbonyl (C=S) groups is 1. The van der Waals surface area contributed by atoms with Crippen LogP contribution in [0.5, 0.6) is 0 Å². The SMILES string of the molecule is C=C.O=C(O)COCC(O)=S. The molecule has 0 heterocycles. The van der Waals surface area contributed by atoms with Crippen LogP contribution < -0.4 is 0 Å². The second kappa shape index (κ2) is 9.06. The Bertz CT molecular complexity index is 121. The number of aliphatic hydroxyl groups excluding tert-OH is 1. The minimum atomic E-state index is -1.08. The van der Waals surface area contributed by atoms with Crippen molar-refractivity contribution in [2.75, 3.05) is 13.2 Å². The molecule has 0 amide bonds. The molecule has 0 aromatic heterocycles. The molecule has 0 aliphatic carbocycles. The molecule has 11 heavy (non-hydrogen) atoms. The molecule has 2 N–H and O–H groups in total. The van der Waals surface area contributed by atoms with Crippen LogP contribution >= 0.6 is 12.2 Å². The van der Waals surface area contributed by atoms with Crippen molar-refractivity contribution in [3.63, 3.8) is 0 Å². The number of aliphatic carboxylic acids is 1. The first kappa shape index (κ1) is 12.7. The van der Waals surface area contributed by atoms with Crippen LogP contribution in [0.25, 0.3) is 0 Å². The highest BCUT2D eigenvalue weighted by Crippen LogP contribution is 1.76. The fraction of sp³-hybridized carbons (Fsp3) is 0.333. The fourth-order valence-electron chi connectivity index (χ4n) is 0.226. The van der Waals surface area contributed by atoms with Gasteiger partial charge in [-0.05, 0) is 12.2 Å². The molecule has 0 aromatic carbocycles. The Balaban J connectivity index is 0. The van der Waals surface area contributed by atoms with Crippen LogP contribution in [-0.2, 0) is 9.53 Å². The van der Waals surface area contributed by atoms with Crippen molar-refractivity contribution in [1.29, 1.82) is 0 Å². The van der Waals surface area contributed by atoms with Gasteiger partial charge in [-0.2, -0.15) is 0 Å². The smallest absolute Gasteiger partial charge is 0.329 e. The standard InChI is InChI=1S/C4H6O4S.C2H4/c5-3(6)1-8-2-4(7)9;1-2/h1-2H2,(H,5,6)(H,7,9);1-2H2. The minimum absolute atomic E-state index is 0.193. The molecule has 0 aliphatic heterocycles. The molecule has 0 saturated carbocycles. The van der Waals surface area contributed by atoms with Crippen molar-refractivity contribution in [3.8, 4) is 0 Å². The van der Waals surface area contributed by atoms with E-state index in [4.69, 9.17) is 10.2 Å². The Labute approximate surface area is 70.1 Å². The van der Waals surface area contributed by atoms with Crippen LogP contribution in [0, 0.1) is 0 Å². The highest BCUT2D eigenvalue weighted by molar-refractivity contribution is 7.80. The van der Waals surface area contributed by atoms with E-state index < -0.39 is 12.6 Å². The van der Waals surface area contributed by atoms with E-state index in [9.17, 15) is 4.79 Å². The summed E-state index contributed by atoms with van der Waals surface area (Å²) in [5.41, 5.74) is 0. The Kier molecular flexibility index (Phi) is 10.5. The zero-order valence-corrected chi connectivity index (χ0v) is 6.76. The van der Waals surface area contributed by atoms with Crippen molar-refractivity contribution in [3.05, 3.63) is 13.2 Å². The summed E-state index contributed by atoms with van der Waals surface area (Å²) in [5, 5.41) is 15.9. The van der Waals surface area contributed by atoms with Gasteiger partial charge in [0.15, 0.2) is 5.05 Å². The van der Waals surface area contributed by atoms with Crippen molar-refractivity contribution in [2.45, 2.75) is 0 Å². The molecule has 0 atom stereocenters. The zero-order chi connectivity index (χ0) is 9.28. The van der Waals surface area contributed by atoms with Gasteiger partial charge in [-0.1, -0.05) is 0 Å². The van der Waals surface area contributed by atoms with Crippen molar-refractivity contribution < 1.29 is 19.7 Å². The highest BCUT2D eigenvalue weighted by Gasteiger charge is 1.96. The van der Waals surface area contributed by atoms with Gasteiger partial charge in [-0.15, -0.1) is 13.2 Å². The number of carbonyl (C=O) groups is 1. The van der Waals surface area contributed by atoms with Crippen LogP contribution in [0.4, 0.5) is 0 Å². The molecule has 0 saturated heterocycles. The number of hydrogen-bond donors (Lipinski definition) is 2. The minimum Gasteiger partial charge on any atom is -0.500 e. The fourth-order valence-corrected chi connectivity index (χ4v) is 0.309. The number of aliphatic hydroxyl groups is 1. The van der Waals surface area contributed by atoms with E-state index in [2.05, 4.69) is 30.1 Å². The van der Waals surface area contributed by atoms with Crippen LogP contribution in [0.1, 0.15) is 0 Å². The van der Waals surface area contributed by atoms with Crippen LogP contribution in [-0.4, -0.2) is 34.4 Å². The maximum atomic E-state index is 9.73. The number of carboxylic acid groups (broad SMARTS) is 1. The number of hydrogen-bond acceptors (Lipinski definition) is 3. The maximum absolute atomic E-state index is 9.73. The number of rotatable bonds is 4. The van der Waals surface area contributed by atoms with Gasteiger partial charge in [0.05, 0.1) is 0 Å². The third-order valence-electron chi connectivity index (χ3n) is 0.451. The van der Waals surface area contributed by atoms with Gasteiger partial charge >= 0.3 is 5.97 Å². The highest BCUT2D eigenvalue weighted by atomic mass is 32.1. The average molecular weight is 178 g/mol. The van der Waals surface area contributed by atoms with Gasteiger partial charge in [-0.25, -0.2) is 4.79 Å². The molecular weight excluding hydrogens is 168 g/mol. The van der Waals surface area contributed by atoms with Crippen LogP contribution in [0.2, 0.25) is 0 Å². The van der Waals surface area contributed by atoms with Gasteiger partial charge in [0, 0.05) is 0 Å². The monoisotopic (exact) mass is 178 g/mol. The van der Waals surface area contributed by atoms with Gasteiger partial charge in [0.2, 0.25) is 0 Å². The lowest BCUT2D eigenvalue weighted by atomic mass is 10.7. The predicted molar refractivity (Wildman–Crippen MR) is 44.9 cm³/mol. The molecule has 0 fully saturated rings. The lowest BCUT2D eigenvalue weighted by Crippen LogP contribution is -2.11. The average Bonchev–Trinajstić information content (AvgIpc) is 1.90. The number of ether oxygens (including phenoxy) is 1. The molecular formula is C6H10O4S. The van der Waals surface area contributed by atoms with Crippen molar-refractivity contribution in [2.24, 2.45) is 0 Å². The second-order valence-electron chi connectivity index (χ2n) is 1.28. The summed E-state index contributed by atoms with van der Waals surface area (Å²) in [6.07, 6.45) is 0. The topological polar surface area (TPSA) is 66.8 Å². The first-order valence-corrected chi connectivity index (χ1v) is 3.05. The summed E-state index contributed by atoms with van der Waals surface area (Å²) < 4.78 is 4.37. The summed E-state index contributed by atoms with van der Waals surface area (Å²) in [6.45, 7) is 5.38. The van der Waals surface area contributed by atoms with E-state index >= 15 is 0 Å². The molecule has 64 valence electrons. The summed E-state index contributed by atoms with van der Waals surface area (Å²) >= 11 is 4.19. The molecule has 0 spiro atoms. The summed E-state index contributed by atoms with van der Waals surface area (Å²) in [6, 6.07) is 0. The lowest BCUT2D eigenvalue weighted by molar-refractivity contribution is -0.141. The summed E-state index contributed by atoms with van der Waals surface area (Å²) in [4.78, 5) is 9.73. The Morgan fingerprint density at radius 3 is 2.09 bits per heavy atom. The quantitative estimate of drug-likeness (QED) is 0.491. The molecule has 0 rings (SSSR count). The van der Waals surface area contributed by atoms with E-state index in [1.165, 1.54) is 0 Å². The molecule has 0 unspecified atom stereocenters. The van der Waals surface area contributed by atoms with Gasteiger partial charge in [-0.3, -0.25) is 0 Å². The second-order valence-corrected chi connectivity index (χ2v) is 1.75. The van der Waals surface area contributed by atoms with Gasteiger partial charge in [0.1, 0.15) is 13.2 Å². The summed E-state index contributed by atoms with van der Waals surface area (Å²) in [7, 11) is 0. The third kappa shape index (κ3) is 17.6. The summed E-state index contributed by atoms with van der Waals surface area (Å²) in [5.74, 6) is -1.08. The zero-order valence-electron chi connectivity index (χ0n) is 5.95. The van der Waals surface area contributed by atoms with Crippen LogP contribution in [0.15, 0.2) is 13.2 Å². The number of carboxylic acids is 1. The first-order valence-electron chi connectivity index (χ1n) is 2.64. The maximum Gasteiger partial charge on any atom is 0.329 e. The van der Waals surface area contributed by atoms with Crippen molar-refractivity contribution in [1.82, 2.24) is 0 Å². The van der Waals surface area contributed by atoms with Crippen LogP contribution in [0.3, 0.4) is 0 Å². The van der Waals surface area contributed by atoms with E-state index in [0.717, 1.165) is 0 Å². The van der Waals surface area contributed by atoms with Crippen molar-refractivity contribution >= 4 is 23.2 Å². The van der Waals surface area contributed by atoms with E-state index in [1.54, 1.807) is 0 Å². The molecule has 5 heteroatoms.